The Hall–Kier alpha value is -2.18. The van der Waals surface area contributed by atoms with Crippen LogP contribution in [0.1, 0.15) is 0 Å². The molecule has 0 saturated carbocycles. The van der Waals surface area contributed by atoms with Crippen molar-refractivity contribution in [3.8, 4) is 16.5 Å². The molecule has 3 rings (SSSR count). The van der Waals surface area contributed by atoms with E-state index in [4.69, 9.17) is 10.6 Å². The van der Waals surface area contributed by atoms with E-state index in [9.17, 15) is 0 Å². The van der Waals surface area contributed by atoms with Crippen LogP contribution in [0.3, 0.4) is 0 Å². The summed E-state index contributed by atoms with van der Waals surface area (Å²) >= 11 is 1.54. The third kappa shape index (κ3) is 2.11. The standard InChI is InChI=1S/C13H12N4OS/c1-18-8-6-11(19-7-8)13-15-10-5-3-2-4-9(10)12(16-13)17-14/h2-7H,14H2,1H3,(H,15,16,17). The van der Waals surface area contributed by atoms with Gasteiger partial charge in [0.15, 0.2) is 11.6 Å². The molecule has 0 aliphatic heterocycles. The third-order valence-electron chi connectivity index (χ3n) is 2.77. The van der Waals surface area contributed by atoms with E-state index in [1.807, 2.05) is 35.7 Å². The van der Waals surface area contributed by atoms with Crippen LogP contribution in [0.4, 0.5) is 5.82 Å². The van der Waals surface area contributed by atoms with Crippen LogP contribution in [0.15, 0.2) is 35.7 Å². The van der Waals surface area contributed by atoms with Gasteiger partial charge in [-0.2, -0.15) is 0 Å². The van der Waals surface area contributed by atoms with Gasteiger partial charge in [0.2, 0.25) is 0 Å². The number of rotatable bonds is 3. The molecular formula is C13H12N4OS. The maximum absolute atomic E-state index is 5.53. The molecule has 0 aliphatic carbocycles. The summed E-state index contributed by atoms with van der Waals surface area (Å²) in [5.41, 5.74) is 3.48. The van der Waals surface area contributed by atoms with Gasteiger partial charge in [0, 0.05) is 16.8 Å². The second kappa shape index (κ2) is 4.83. The highest BCUT2D eigenvalue weighted by molar-refractivity contribution is 7.13. The molecule has 2 aromatic heterocycles. The van der Waals surface area contributed by atoms with Crippen LogP contribution in [-0.2, 0) is 0 Å². The van der Waals surface area contributed by atoms with Crippen LogP contribution in [-0.4, -0.2) is 17.1 Å². The van der Waals surface area contributed by atoms with E-state index >= 15 is 0 Å². The van der Waals surface area contributed by atoms with Crippen LogP contribution in [0.2, 0.25) is 0 Å². The number of para-hydroxylation sites is 1. The van der Waals surface area contributed by atoms with Gasteiger partial charge in [-0.25, -0.2) is 15.8 Å². The van der Waals surface area contributed by atoms with Crippen molar-refractivity contribution in [3.63, 3.8) is 0 Å². The smallest absolute Gasteiger partial charge is 0.172 e. The molecule has 0 atom stereocenters. The van der Waals surface area contributed by atoms with Gasteiger partial charge in [-0.05, 0) is 12.1 Å². The lowest BCUT2D eigenvalue weighted by Gasteiger charge is -2.06. The average Bonchev–Trinajstić information content (AvgIpc) is 2.95. The Morgan fingerprint density at radius 1 is 1.26 bits per heavy atom. The second-order valence-electron chi connectivity index (χ2n) is 3.91. The zero-order chi connectivity index (χ0) is 13.2. The number of nitrogen functional groups attached to an aromatic ring is 1. The summed E-state index contributed by atoms with van der Waals surface area (Å²) in [6.45, 7) is 0. The zero-order valence-corrected chi connectivity index (χ0v) is 11.1. The fourth-order valence-electron chi connectivity index (χ4n) is 1.84. The normalized spacial score (nSPS) is 10.6. The fraction of sp³-hybridized carbons (Fsp3) is 0.0769. The molecule has 3 N–H and O–H groups in total. The van der Waals surface area contributed by atoms with Gasteiger partial charge >= 0.3 is 0 Å². The molecule has 0 bridgehead atoms. The monoisotopic (exact) mass is 272 g/mol. The first-order valence-electron chi connectivity index (χ1n) is 5.68. The highest BCUT2D eigenvalue weighted by atomic mass is 32.1. The number of hydrazine groups is 1. The van der Waals surface area contributed by atoms with E-state index in [0.717, 1.165) is 21.5 Å². The molecule has 3 aromatic rings. The van der Waals surface area contributed by atoms with Crippen molar-refractivity contribution >= 4 is 28.1 Å². The largest absolute Gasteiger partial charge is 0.496 e. The molecule has 0 unspecified atom stereocenters. The van der Waals surface area contributed by atoms with Crippen LogP contribution >= 0.6 is 11.3 Å². The molecule has 2 heterocycles. The SMILES string of the molecule is COc1csc(-c2nc(NN)c3ccccc3n2)c1. The van der Waals surface area contributed by atoms with Crippen molar-refractivity contribution in [2.75, 3.05) is 12.5 Å². The Balaban J connectivity index is 2.18. The van der Waals surface area contributed by atoms with E-state index in [0.29, 0.717) is 11.6 Å². The summed E-state index contributed by atoms with van der Waals surface area (Å²) in [5.74, 6) is 7.59. The Morgan fingerprint density at radius 2 is 2.11 bits per heavy atom. The van der Waals surface area contributed by atoms with Gasteiger partial charge in [0.1, 0.15) is 5.75 Å². The van der Waals surface area contributed by atoms with Crippen molar-refractivity contribution in [3.05, 3.63) is 35.7 Å². The van der Waals surface area contributed by atoms with Crippen molar-refractivity contribution in [2.45, 2.75) is 0 Å². The number of aromatic nitrogens is 2. The maximum atomic E-state index is 5.53. The fourth-order valence-corrected chi connectivity index (χ4v) is 2.63. The van der Waals surface area contributed by atoms with Gasteiger partial charge in [0.25, 0.3) is 0 Å². The summed E-state index contributed by atoms with van der Waals surface area (Å²) in [6, 6.07) is 9.65. The molecule has 19 heavy (non-hydrogen) atoms. The summed E-state index contributed by atoms with van der Waals surface area (Å²) < 4.78 is 5.17. The van der Waals surface area contributed by atoms with E-state index in [1.165, 1.54) is 11.3 Å². The molecule has 6 heteroatoms. The number of hydrogen-bond acceptors (Lipinski definition) is 6. The molecule has 0 saturated heterocycles. The number of methoxy groups -OCH3 is 1. The number of hydrogen-bond donors (Lipinski definition) is 2. The molecule has 0 amide bonds. The van der Waals surface area contributed by atoms with Gasteiger partial charge < -0.3 is 10.2 Å². The molecule has 0 aliphatic rings. The predicted octanol–water partition coefficient (Wildman–Crippen LogP) is 2.65. The van der Waals surface area contributed by atoms with Crippen molar-refractivity contribution in [1.29, 1.82) is 0 Å². The minimum Gasteiger partial charge on any atom is -0.496 e. The molecule has 1 aromatic carbocycles. The van der Waals surface area contributed by atoms with Crippen LogP contribution in [0.25, 0.3) is 21.6 Å². The summed E-state index contributed by atoms with van der Waals surface area (Å²) in [4.78, 5) is 9.94. The molecule has 5 nitrogen and oxygen atoms in total. The van der Waals surface area contributed by atoms with E-state index < -0.39 is 0 Å². The lowest BCUT2D eigenvalue weighted by Crippen LogP contribution is -2.10. The molecular weight excluding hydrogens is 260 g/mol. The number of nitrogens with one attached hydrogen (secondary N) is 1. The average molecular weight is 272 g/mol. The number of thiophene rings is 1. The van der Waals surface area contributed by atoms with Crippen molar-refractivity contribution in [1.82, 2.24) is 9.97 Å². The van der Waals surface area contributed by atoms with Gasteiger partial charge in [0.05, 0.1) is 17.5 Å². The zero-order valence-electron chi connectivity index (χ0n) is 10.3. The Bertz CT molecular complexity index is 725. The van der Waals surface area contributed by atoms with Crippen LogP contribution < -0.4 is 16.0 Å². The van der Waals surface area contributed by atoms with Crippen LogP contribution in [0, 0.1) is 0 Å². The lowest BCUT2D eigenvalue weighted by atomic mass is 10.2. The van der Waals surface area contributed by atoms with Crippen molar-refractivity contribution < 1.29 is 4.74 Å². The summed E-state index contributed by atoms with van der Waals surface area (Å²) in [5, 5.41) is 2.82. The molecule has 0 spiro atoms. The highest BCUT2D eigenvalue weighted by Gasteiger charge is 2.10. The Labute approximate surface area is 114 Å². The number of benzene rings is 1. The van der Waals surface area contributed by atoms with E-state index in [-0.39, 0.29) is 0 Å². The first kappa shape index (κ1) is 11.9. The van der Waals surface area contributed by atoms with Gasteiger partial charge in [-0.1, -0.05) is 12.1 Å². The number of anilines is 1. The number of nitrogens with two attached hydrogens (primary N) is 1. The minimum absolute atomic E-state index is 0.618. The molecule has 0 radical (unpaired) electrons. The molecule has 0 fully saturated rings. The number of nitrogens with zero attached hydrogens (tertiary/aromatic N) is 2. The first-order valence-corrected chi connectivity index (χ1v) is 6.56. The topological polar surface area (TPSA) is 73.1 Å². The minimum atomic E-state index is 0.618. The molecule has 96 valence electrons. The Kier molecular flexibility index (Phi) is 3.02. The lowest BCUT2D eigenvalue weighted by molar-refractivity contribution is 0.417. The summed E-state index contributed by atoms with van der Waals surface area (Å²) in [7, 11) is 1.64. The Morgan fingerprint density at radius 3 is 2.84 bits per heavy atom. The predicted molar refractivity (Wildman–Crippen MR) is 77.2 cm³/mol. The van der Waals surface area contributed by atoms with Crippen molar-refractivity contribution in [2.24, 2.45) is 5.84 Å². The third-order valence-corrected chi connectivity index (χ3v) is 3.68. The first-order chi connectivity index (χ1) is 9.31. The quantitative estimate of drug-likeness (QED) is 0.566. The highest BCUT2D eigenvalue weighted by Crippen LogP contribution is 2.31. The summed E-state index contributed by atoms with van der Waals surface area (Å²) in [6.07, 6.45) is 0. The number of fused-ring (bicyclic) bond motifs is 1. The number of ether oxygens (including phenoxy) is 1. The second-order valence-corrected chi connectivity index (χ2v) is 4.82. The van der Waals surface area contributed by atoms with Gasteiger partial charge in [-0.15, -0.1) is 11.3 Å². The van der Waals surface area contributed by atoms with Crippen LogP contribution in [0.5, 0.6) is 5.75 Å². The van der Waals surface area contributed by atoms with E-state index in [1.54, 1.807) is 7.11 Å². The maximum Gasteiger partial charge on any atom is 0.172 e. The van der Waals surface area contributed by atoms with Gasteiger partial charge in [-0.3, -0.25) is 0 Å². The van der Waals surface area contributed by atoms with E-state index in [2.05, 4.69) is 15.4 Å².